The van der Waals surface area contributed by atoms with E-state index in [9.17, 15) is 0 Å². The lowest BCUT2D eigenvalue weighted by atomic mass is 10.2. The van der Waals surface area contributed by atoms with Crippen LogP contribution >= 0.6 is 23.0 Å². The Morgan fingerprint density at radius 3 is 0.917 bits per heavy atom. The normalized spacial score (nSPS) is 18.8. The molecule has 1 aliphatic carbocycles. The molecule has 242 valence electrons. The molecule has 0 amide bonds. The highest BCUT2D eigenvalue weighted by atomic mass is 31.3. The first-order valence-electron chi connectivity index (χ1n) is 15.3. The number of benzene rings is 5. The summed E-state index contributed by atoms with van der Waals surface area (Å²) < 4.78 is 56.1. The third-order valence-electron chi connectivity index (χ3n) is 6.70. The van der Waals surface area contributed by atoms with Crippen LogP contribution in [0.4, 0.5) is 0 Å². The molecule has 48 heavy (non-hydrogen) atoms. The summed E-state index contributed by atoms with van der Waals surface area (Å²) in [5, 5.41) is 0. The van der Waals surface area contributed by atoms with Crippen LogP contribution in [0.5, 0.6) is 28.7 Å². The molecule has 12 heteroatoms. The van der Waals surface area contributed by atoms with Gasteiger partial charge in [0.15, 0.2) is 0 Å². The summed E-state index contributed by atoms with van der Waals surface area (Å²) >= 11 is 0. The largest absolute Gasteiger partial charge is 0.460 e. The van der Waals surface area contributed by atoms with E-state index < -0.39 is 23.0 Å². The maximum atomic E-state index is 6.79. The summed E-state index contributed by atoms with van der Waals surface area (Å²) in [6, 6.07) is 46.3. The van der Waals surface area contributed by atoms with Crippen molar-refractivity contribution in [3.63, 3.8) is 0 Å². The van der Waals surface area contributed by atoms with E-state index in [2.05, 4.69) is 0 Å². The Morgan fingerprint density at radius 2 is 0.646 bits per heavy atom. The number of rotatable bonds is 12. The summed E-state index contributed by atoms with van der Waals surface area (Å²) in [5.41, 5.74) is 0. The highest BCUT2D eigenvalue weighted by Crippen LogP contribution is 2.79. The van der Waals surface area contributed by atoms with Gasteiger partial charge in [-0.25, -0.2) is 0 Å². The first-order chi connectivity index (χ1) is 23.6. The molecule has 0 bridgehead atoms. The van der Waals surface area contributed by atoms with Crippen LogP contribution in [0.1, 0.15) is 12.8 Å². The summed E-state index contributed by atoms with van der Waals surface area (Å²) in [7, 11) is -11.5. The van der Waals surface area contributed by atoms with Gasteiger partial charge in [-0.05, 0) is 85.7 Å². The second-order valence-electron chi connectivity index (χ2n) is 10.4. The fraction of sp³-hybridized carbons (Fsp3) is 0.0556. The maximum absolute atomic E-state index is 6.79. The fourth-order valence-corrected chi connectivity index (χ4v) is 13.7. The number of allylic oxidation sites excluding steroid dienone is 3. The fourth-order valence-electron chi connectivity index (χ4n) is 4.64. The molecule has 0 saturated carbocycles. The molecule has 0 N–H and O–H groups in total. The summed E-state index contributed by atoms with van der Waals surface area (Å²) in [6.45, 7) is 0. The molecule has 1 unspecified atom stereocenters. The van der Waals surface area contributed by atoms with Crippen LogP contribution in [0.2, 0.25) is 0 Å². The van der Waals surface area contributed by atoms with E-state index in [0.717, 1.165) is 12.8 Å². The highest BCUT2D eigenvalue weighted by molar-refractivity contribution is 7.79. The molecular formula is C36H32N3O6P3. The Bertz CT molecular complexity index is 1880. The highest BCUT2D eigenvalue weighted by Gasteiger charge is 2.49. The average Bonchev–Trinajstić information content (AvgIpc) is 3.10. The van der Waals surface area contributed by atoms with Crippen LogP contribution in [0, 0.1) is 0 Å². The Hall–Kier alpha value is -4.93. The SMILES string of the molecule is C1=CC(OP2(Oc3ccccc3)=NP(Oc3ccccc3)(Oc3ccccc3)=NP(Oc3ccccc3)(Oc3ccccc3)=N2)=CCC1. The first kappa shape index (κ1) is 31.7. The molecule has 7 rings (SSSR count). The van der Waals surface area contributed by atoms with E-state index in [-0.39, 0.29) is 0 Å². The molecule has 5 aromatic rings. The van der Waals surface area contributed by atoms with E-state index in [1.807, 2.05) is 170 Å². The van der Waals surface area contributed by atoms with Gasteiger partial charge in [-0.3, -0.25) is 0 Å². The molecule has 1 aliphatic heterocycles. The first-order valence-corrected chi connectivity index (χ1v) is 19.9. The van der Waals surface area contributed by atoms with E-state index in [1.54, 1.807) is 0 Å². The smallest absolute Gasteiger partial charge is 0.414 e. The topological polar surface area (TPSA) is 92.5 Å². The third-order valence-corrected chi connectivity index (χ3v) is 14.8. The lowest BCUT2D eigenvalue weighted by molar-refractivity contribution is 0.396. The van der Waals surface area contributed by atoms with Gasteiger partial charge >= 0.3 is 23.0 Å². The molecule has 1 heterocycles. The van der Waals surface area contributed by atoms with E-state index in [0.29, 0.717) is 34.5 Å². The molecule has 2 aliphatic rings. The Labute approximate surface area is 280 Å². The van der Waals surface area contributed by atoms with Gasteiger partial charge in [0.1, 0.15) is 34.5 Å². The van der Waals surface area contributed by atoms with E-state index in [4.69, 9.17) is 40.7 Å². The lowest BCUT2D eigenvalue weighted by Crippen LogP contribution is -2.10. The van der Waals surface area contributed by atoms with Crippen LogP contribution in [-0.2, 0) is 4.52 Å². The zero-order valence-electron chi connectivity index (χ0n) is 25.7. The molecule has 1 atom stereocenters. The summed E-state index contributed by atoms with van der Waals surface area (Å²) in [4.78, 5) is 0. The summed E-state index contributed by atoms with van der Waals surface area (Å²) in [6.07, 6.45) is 7.58. The van der Waals surface area contributed by atoms with Gasteiger partial charge in [0, 0.05) is 0 Å². The zero-order valence-corrected chi connectivity index (χ0v) is 28.4. The molecule has 0 fully saturated rings. The minimum absolute atomic E-state index is 0.475. The molecule has 0 saturated heterocycles. The minimum atomic E-state index is -3.85. The number of hydrogen-bond donors (Lipinski definition) is 0. The second kappa shape index (κ2) is 14.5. The van der Waals surface area contributed by atoms with Crippen molar-refractivity contribution in [2.24, 2.45) is 13.5 Å². The quantitative estimate of drug-likeness (QED) is 0.121. The van der Waals surface area contributed by atoms with Gasteiger partial charge < -0.3 is 27.1 Å². The second-order valence-corrected chi connectivity index (χ2v) is 16.6. The predicted molar refractivity (Wildman–Crippen MR) is 191 cm³/mol. The van der Waals surface area contributed by atoms with Crippen LogP contribution in [0.15, 0.2) is 189 Å². The number of para-hydroxylation sites is 5. The zero-order chi connectivity index (χ0) is 32.5. The van der Waals surface area contributed by atoms with E-state index in [1.165, 1.54) is 0 Å². The van der Waals surface area contributed by atoms with Crippen molar-refractivity contribution in [3.05, 3.63) is 176 Å². The maximum Gasteiger partial charge on any atom is 0.460 e. The van der Waals surface area contributed by atoms with Gasteiger partial charge in [-0.15, -0.1) is 0 Å². The third kappa shape index (κ3) is 7.95. The summed E-state index contributed by atoms with van der Waals surface area (Å²) in [5.74, 6) is 2.93. The van der Waals surface area contributed by atoms with Crippen LogP contribution in [-0.4, -0.2) is 0 Å². The van der Waals surface area contributed by atoms with Gasteiger partial charge in [-0.1, -0.05) is 111 Å². The molecular weight excluding hydrogens is 663 g/mol. The Balaban J connectivity index is 1.54. The van der Waals surface area contributed by atoms with Gasteiger partial charge in [0.2, 0.25) is 0 Å². The average molecular weight is 696 g/mol. The van der Waals surface area contributed by atoms with Gasteiger partial charge in [-0.2, -0.15) is 0 Å². The van der Waals surface area contributed by atoms with Gasteiger partial charge in [0.25, 0.3) is 0 Å². The Kier molecular flexibility index (Phi) is 9.53. The predicted octanol–water partition coefficient (Wildman–Crippen LogP) is 12.5. The van der Waals surface area contributed by atoms with Crippen molar-refractivity contribution in [2.45, 2.75) is 12.8 Å². The van der Waals surface area contributed by atoms with Gasteiger partial charge in [0.05, 0.1) is 0 Å². The van der Waals surface area contributed by atoms with Crippen molar-refractivity contribution in [1.82, 2.24) is 0 Å². The molecule has 0 aromatic heterocycles. The molecule has 5 aromatic carbocycles. The van der Waals surface area contributed by atoms with Crippen molar-refractivity contribution in [2.75, 3.05) is 0 Å². The lowest BCUT2D eigenvalue weighted by Gasteiger charge is -2.33. The monoisotopic (exact) mass is 695 g/mol. The number of hydrogen-bond acceptors (Lipinski definition) is 9. The van der Waals surface area contributed by atoms with Crippen molar-refractivity contribution < 1.29 is 27.1 Å². The Morgan fingerprint density at radius 1 is 0.354 bits per heavy atom. The van der Waals surface area contributed by atoms with Crippen LogP contribution in [0.3, 0.4) is 0 Å². The van der Waals surface area contributed by atoms with Crippen molar-refractivity contribution >= 4 is 23.0 Å². The van der Waals surface area contributed by atoms with Crippen molar-refractivity contribution in [1.29, 1.82) is 0 Å². The van der Waals surface area contributed by atoms with E-state index >= 15 is 0 Å². The van der Waals surface area contributed by atoms with Crippen LogP contribution < -0.4 is 22.6 Å². The number of nitrogens with zero attached hydrogens (tertiary/aromatic N) is 3. The van der Waals surface area contributed by atoms with Crippen molar-refractivity contribution in [3.8, 4) is 28.7 Å². The molecule has 0 spiro atoms. The standard InChI is InChI=1S/C36H32N3O6P3/c1-7-19-31(20-8-1)40-46(41-32-21-9-2-10-22-32)37-47(42-33-23-11-3-12-24-33,43-34-25-13-4-14-26-34)39-48(38-46,44-35-27-15-5-16-28-35)45-36-29-17-6-18-30-36/h1-5,7-17,19-30H,6,18H2. The molecule has 9 nitrogen and oxygen atoms in total. The van der Waals surface area contributed by atoms with Crippen LogP contribution in [0.25, 0.3) is 0 Å². The molecule has 0 radical (unpaired) electrons. The minimum Gasteiger partial charge on any atom is -0.414 e.